The van der Waals surface area contributed by atoms with Crippen LogP contribution in [0.3, 0.4) is 0 Å². The highest BCUT2D eigenvalue weighted by molar-refractivity contribution is 6.29. The Morgan fingerprint density at radius 2 is 2.18 bits per heavy atom. The highest BCUT2D eigenvalue weighted by Gasteiger charge is 1.92. The summed E-state index contributed by atoms with van der Waals surface area (Å²) in [6.45, 7) is 0. The maximum atomic E-state index is 5.61. The molecule has 0 aliphatic carbocycles. The predicted molar refractivity (Wildman–Crippen MR) is 48.3 cm³/mol. The van der Waals surface area contributed by atoms with E-state index in [1.807, 2.05) is 6.07 Å². The first-order chi connectivity index (χ1) is 5.33. The summed E-state index contributed by atoms with van der Waals surface area (Å²) in [5.41, 5.74) is 1.19. The second kappa shape index (κ2) is 4.58. The van der Waals surface area contributed by atoms with E-state index in [0.29, 0.717) is 11.0 Å². The molecular weight excluding hydrogens is 181 g/mol. The molecule has 0 atom stereocenters. The second-order valence-electron chi connectivity index (χ2n) is 2.28. The van der Waals surface area contributed by atoms with Gasteiger partial charge in [0.1, 0.15) is 5.15 Å². The first kappa shape index (κ1) is 8.82. The molecule has 0 radical (unpaired) electrons. The summed E-state index contributed by atoms with van der Waals surface area (Å²) in [4.78, 5) is 3.95. The Kier molecular flexibility index (Phi) is 3.67. The Bertz CT molecular complexity index is 208. The van der Waals surface area contributed by atoms with Gasteiger partial charge >= 0.3 is 0 Å². The molecule has 0 fully saturated rings. The van der Waals surface area contributed by atoms with Crippen molar-refractivity contribution in [2.75, 3.05) is 5.88 Å². The molecule has 0 saturated heterocycles. The zero-order valence-electron chi connectivity index (χ0n) is 6.06. The van der Waals surface area contributed by atoms with Crippen LogP contribution in [0.4, 0.5) is 0 Å². The molecule has 0 spiro atoms. The lowest BCUT2D eigenvalue weighted by Crippen LogP contribution is -1.86. The minimum Gasteiger partial charge on any atom is -0.244 e. The van der Waals surface area contributed by atoms with Crippen LogP contribution < -0.4 is 0 Å². The van der Waals surface area contributed by atoms with Crippen LogP contribution in [0.15, 0.2) is 18.3 Å². The molecule has 1 heterocycles. The average molecular weight is 190 g/mol. The van der Waals surface area contributed by atoms with Gasteiger partial charge in [0.2, 0.25) is 0 Å². The van der Waals surface area contributed by atoms with E-state index < -0.39 is 0 Å². The van der Waals surface area contributed by atoms with Crippen molar-refractivity contribution in [2.45, 2.75) is 12.8 Å². The van der Waals surface area contributed by atoms with E-state index in [1.54, 1.807) is 12.3 Å². The molecule has 0 saturated carbocycles. The van der Waals surface area contributed by atoms with Gasteiger partial charge in [0.25, 0.3) is 0 Å². The summed E-state index contributed by atoms with van der Waals surface area (Å²) < 4.78 is 0. The summed E-state index contributed by atoms with van der Waals surface area (Å²) in [5, 5.41) is 0.541. The van der Waals surface area contributed by atoms with E-state index in [1.165, 1.54) is 5.56 Å². The molecule has 3 heteroatoms. The SMILES string of the molecule is ClCCCc1ccc(Cl)nc1. The zero-order valence-corrected chi connectivity index (χ0v) is 7.57. The van der Waals surface area contributed by atoms with Gasteiger partial charge in [-0.15, -0.1) is 11.6 Å². The summed E-state index contributed by atoms with van der Waals surface area (Å²) in [6.07, 6.45) is 3.76. The Labute approximate surface area is 76.4 Å². The van der Waals surface area contributed by atoms with Gasteiger partial charge in [-0.05, 0) is 24.5 Å². The fourth-order valence-corrected chi connectivity index (χ4v) is 1.07. The largest absolute Gasteiger partial charge is 0.244 e. The average Bonchev–Trinajstić information content (AvgIpc) is 2.04. The van der Waals surface area contributed by atoms with Gasteiger partial charge in [-0.25, -0.2) is 4.98 Å². The Morgan fingerprint density at radius 3 is 2.73 bits per heavy atom. The smallest absolute Gasteiger partial charge is 0.129 e. The van der Waals surface area contributed by atoms with Gasteiger partial charge in [0.05, 0.1) is 0 Å². The van der Waals surface area contributed by atoms with Crippen LogP contribution in [0.1, 0.15) is 12.0 Å². The molecule has 0 aliphatic heterocycles. The Hall–Kier alpha value is -0.270. The van der Waals surface area contributed by atoms with Crippen LogP contribution in [0.25, 0.3) is 0 Å². The predicted octanol–water partition coefficient (Wildman–Crippen LogP) is 2.91. The van der Waals surface area contributed by atoms with Gasteiger partial charge in [-0.3, -0.25) is 0 Å². The lowest BCUT2D eigenvalue weighted by molar-refractivity contribution is 0.920. The minimum absolute atomic E-state index is 0.541. The summed E-state index contributed by atoms with van der Waals surface area (Å²) in [6, 6.07) is 3.77. The summed E-state index contributed by atoms with van der Waals surface area (Å²) >= 11 is 11.1. The van der Waals surface area contributed by atoms with Gasteiger partial charge in [-0.2, -0.15) is 0 Å². The van der Waals surface area contributed by atoms with Gasteiger partial charge < -0.3 is 0 Å². The number of rotatable bonds is 3. The third-order valence-electron chi connectivity index (χ3n) is 1.39. The van der Waals surface area contributed by atoms with Crippen LogP contribution in [-0.2, 0) is 6.42 Å². The highest BCUT2D eigenvalue weighted by Crippen LogP contribution is 2.07. The summed E-state index contributed by atoms with van der Waals surface area (Å²) in [5.74, 6) is 0.697. The lowest BCUT2D eigenvalue weighted by atomic mass is 10.2. The van der Waals surface area contributed by atoms with Crippen molar-refractivity contribution in [3.63, 3.8) is 0 Å². The normalized spacial score (nSPS) is 10.0. The van der Waals surface area contributed by atoms with Crippen LogP contribution >= 0.6 is 23.2 Å². The Balaban J connectivity index is 2.52. The van der Waals surface area contributed by atoms with Crippen molar-refractivity contribution in [3.8, 4) is 0 Å². The number of hydrogen-bond acceptors (Lipinski definition) is 1. The molecule has 0 bridgehead atoms. The molecule has 1 aromatic heterocycles. The molecule has 11 heavy (non-hydrogen) atoms. The molecule has 0 aromatic carbocycles. The fourth-order valence-electron chi connectivity index (χ4n) is 0.825. The van der Waals surface area contributed by atoms with Gasteiger partial charge in [0, 0.05) is 12.1 Å². The maximum Gasteiger partial charge on any atom is 0.129 e. The third kappa shape index (κ3) is 3.08. The number of hydrogen-bond donors (Lipinski definition) is 0. The van der Waals surface area contributed by atoms with E-state index in [4.69, 9.17) is 23.2 Å². The van der Waals surface area contributed by atoms with Crippen LogP contribution in [0, 0.1) is 0 Å². The number of halogens is 2. The number of alkyl halides is 1. The first-order valence-electron chi connectivity index (χ1n) is 3.49. The van der Waals surface area contributed by atoms with E-state index >= 15 is 0 Å². The van der Waals surface area contributed by atoms with Crippen LogP contribution in [0.2, 0.25) is 5.15 Å². The number of aromatic nitrogens is 1. The second-order valence-corrected chi connectivity index (χ2v) is 3.05. The van der Waals surface area contributed by atoms with Gasteiger partial charge in [0.15, 0.2) is 0 Å². The topological polar surface area (TPSA) is 12.9 Å². The minimum atomic E-state index is 0.541. The standard InChI is InChI=1S/C8H9Cl2N/c9-5-1-2-7-3-4-8(10)11-6-7/h3-4,6H,1-2,5H2. The number of pyridine rings is 1. The number of aryl methyl sites for hydroxylation is 1. The van der Waals surface area contributed by atoms with Crippen molar-refractivity contribution >= 4 is 23.2 Å². The summed E-state index contributed by atoms with van der Waals surface area (Å²) in [7, 11) is 0. The van der Waals surface area contributed by atoms with Crippen molar-refractivity contribution in [2.24, 2.45) is 0 Å². The number of nitrogens with zero attached hydrogens (tertiary/aromatic N) is 1. The molecule has 0 unspecified atom stereocenters. The fraction of sp³-hybridized carbons (Fsp3) is 0.375. The lowest BCUT2D eigenvalue weighted by Gasteiger charge is -1.96. The van der Waals surface area contributed by atoms with Crippen molar-refractivity contribution in [1.82, 2.24) is 4.98 Å². The van der Waals surface area contributed by atoms with Gasteiger partial charge in [-0.1, -0.05) is 17.7 Å². The van der Waals surface area contributed by atoms with E-state index in [2.05, 4.69) is 4.98 Å². The molecule has 1 aromatic rings. The van der Waals surface area contributed by atoms with Crippen molar-refractivity contribution in [1.29, 1.82) is 0 Å². The first-order valence-corrected chi connectivity index (χ1v) is 4.40. The molecular formula is C8H9Cl2N. The van der Waals surface area contributed by atoms with Crippen molar-refractivity contribution in [3.05, 3.63) is 29.0 Å². The molecule has 1 rings (SSSR count). The van der Waals surface area contributed by atoms with E-state index in [-0.39, 0.29) is 0 Å². The highest BCUT2D eigenvalue weighted by atomic mass is 35.5. The molecule has 0 N–H and O–H groups in total. The third-order valence-corrected chi connectivity index (χ3v) is 1.88. The molecule has 0 aliphatic rings. The van der Waals surface area contributed by atoms with Crippen molar-refractivity contribution < 1.29 is 0 Å². The zero-order chi connectivity index (χ0) is 8.10. The Morgan fingerprint density at radius 1 is 1.36 bits per heavy atom. The maximum absolute atomic E-state index is 5.61. The molecule has 1 nitrogen and oxygen atoms in total. The van der Waals surface area contributed by atoms with Crippen LogP contribution in [0.5, 0.6) is 0 Å². The van der Waals surface area contributed by atoms with E-state index in [9.17, 15) is 0 Å². The molecule has 0 amide bonds. The molecule has 60 valence electrons. The van der Waals surface area contributed by atoms with E-state index in [0.717, 1.165) is 12.8 Å². The monoisotopic (exact) mass is 189 g/mol. The van der Waals surface area contributed by atoms with Crippen LogP contribution in [-0.4, -0.2) is 10.9 Å². The quantitative estimate of drug-likeness (QED) is 0.527.